The van der Waals surface area contributed by atoms with E-state index in [0.717, 1.165) is 17.2 Å². The molecule has 2 aromatic rings. The Balaban J connectivity index is 1.55. The van der Waals surface area contributed by atoms with Gasteiger partial charge in [-0.3, -0.25) is 9.89 Å². The van der Waals surface area contributed by atoms with Crippen molar-refractivity contribution < 1.29 is 14.3 Å². The molecule has 25 heavy (non-hydrogen) atoms. The second-order valence-electron chi connectivity index (χ2n) is 6.38. The maximum absolute atomic E-state index is 12.5. The lowest BCUT2D eigenvalue weighted by Gasteiger charge is -2.16. The summed E-state index contributed by atoms with van der Waals surface area (Å²) < 4.78 is 10.9. The van der Waals surface area contributed by atoms with Gasteiger partial charge in [-0.05, 0) is 12.5 Å². The number of aromatic nitrogens is 3. The monoisotopic (exact) mass is 344 g/mol. The Morgan fingerprint density at radius 1 is 1.32 bits per heavy atom. The summed E-state index contributed by atoms with van der Waals surface area (Å²) in [6.45, 7) is 4.20. The zero-order valence-corrected chi connectivity index (χ0v) is 14.6. The van der Waals surface area contributed by atoms with Crippen molar-refractivity contribution in [2.24, 2.45) is 5.92 Å². The Morgan fingerprint density at radius 3 is 2.80 bits per heavy atom. The average molecular weight is 344 g/mol. The summed E-state index contributed by atoms with van der Waals surface area (Å²) in [5.74, 6) is 1.80. The van der Waals surface area contributed by atoms with Crippen molar-refractivity contribution in [2.75, 3.05) is 33.4 Å². The number of rotatable bonds is 7. The van der Waals surface area contributed by atoms with E-state index < -0.39 is 0 Å². The van der Waals surface area contributed by atoms with Gasteiger partial charge in [0.15, 0.2) is 5.82 Å². The maximum atomic E-state index is 12.5. The third-order valence-electron chi connectivity index (χ3n) is 4.46. The van der Waals surface area contributed by atoms with Crippen molar-refractivity contribution in [3.05, 3.63) is 47.5 Å². The fourth-order valence-electron chi connectivity index (χ4n) is 3.20. The minimum atomic E-state index is -0.00760. The number of nitrogens with one attached hydrogen (secondary N) is 1. The summed E-state index contributed by atoms with van der Waals surface area (Å²) in [5, 5.41) is 7.14. The topological polar surface area (TPSA) is 80.3 Å². The highest BCUT2D eigenvalue weighted by Gasteiger charge is 2.38. The molecule has 0 saturated carbocycles. The van der Waals surface area contributed by atoms with E-state index >= 15 is 0 Å². The number of aromatic amines is 1. The van der Waals surface area contributed by atoms with E-state index in [9.17, 15) is 4.79 Å². The summed E-state index contributed by atoms with van der Waals surface area (Å²) in [5.41, 5.74) is 1.06. The molecule has 1 amide bonds. The van der Waals surface area contributed by atoms with Crippen LogP contribution >= 0.6 is 0 Å². The number of nitrogens with zero attached hydrogens (tertiary/aromatic N) is 3. The van der Waals surface area contributed by atoms with E-state index in [1.807, 2.05) is 42.2 Å². The van der Waals surface area contributed by atoms with Crippen LogP contribution in [0.5, 0.6) is 0 Å². The van der Waals surface area contributed by atoms with Crippen molar-refractivity contribution in [3.63, 3.8) is 0 Å². The smallest absolute Gasteiger partial charge is 0.248 e. The molecule has 0 bridgehead atoms. The van der Waals surface area contributed by atoms with Gasteiger partial charge < -0.3 is 14.4 Å². The van der Waals surface area contributed by atoms with Crippen LogP contribution in [0.2, 0.25) is 0 Å². The molecule has 1 aromatic carbocycles. The predicted molar refractivity (Wildman–Crippen MR) is 91.9 cm³/mol. The average Bonchev–Trinajstić information content (AvgIpc) is 3.22. The lowest BCUT2D eigenvalue weighted by molar-refractivity contribution is -0.135. The number of likely N-dealkylation sites (tertiary alicyclic amines) is 1. The largest absolute Gasteiger partial charge is 0.384 e. The highest BCUT2D eigenvalue weighted by atomic mass is 16.5. The van der Waals surface area contributed by atoms with Crippen LogP contribution in [-0.4, -0.2) is 59.4 Å². The third kappa shape index (κ3) is 4.43. The lowest BCUT2D eigenvalue weighted by Crippen LogP contribution is -2.32. The quantitative estimate of drug-likeness (QED) is 0.824. The fourth-order valence-corrected chi connectivity index (χ4v) is 3.20. The number of H-pyrrole nitrogens is 1. The summed E-state index contributed by atoms with van der Waals surface area (Å²) in [7, 11) is 1.67. The molecule has 1 aromatic heterocycles. The van der Waals surface area contributed by atoms with E-state index in [1.54, 1.807) is 7.11 Å². The molecule has 0 aliphatic carbocycles. The minimum absolute atomic E-state index is 0.00760. The van der Waals surface area contributed by atoms with Gasteiger partial charge in [0.25, 0.3) is 0 Å². The fraction of sp³-hybridized carbons (Fsp3) is 0.500. The molecule has 0 unspecified atom stereocenters. The van der Waals surface area contributed by atoms with E-state index in [4.69, 9.17) is 9.47 Å². The number of methoxy groups -OCH3 is 1. The Labute approximate surface area is 147 Å². The molecular formula is C18H24N4O3. The van der Waals surface area contributed by atoms with E-state index in [0.29, 0.717) is 26.3 Å². The van der Waals surface area contributed by atoms with Crippen LogP contribution in [0.4, 0.5) is 0 Å². The SMILES string of the molecule is COC[C@@H]1CN(C(=O)COCc2ccccc2)C[C@H]1c1n[nH]c(C)n1. The van der Waals surface area contributed by atoms with Gasteiger partial charge in [0.05, 0.1) is 13.2 Å². The predicted octanol–water partition coefficient (Wildman–Crippen LogP) is 1.52. The van der Waals surface area contributed by atoms with Crippen LogP contribution in [0.15, 0.2) is 30.3 Å². The summed E-state index contributed by atoms with van der Waals surface area (Å²) >= 11 is 0. The molecule has 1 fully saturated rings. The summed E-state index contributed by atoms with van der Waals surface area (Å²) in [6.07, 6.45) is 0. The molecule has 0 radical (unpaired) electrons. The molecular weight excluding hydrogens is 320 g/mol. The number of amides is 1. The van der Waals surface area contributed by atoms with Crippen LogP contribution in [0.3, 0.4) is 0 Å². The number of carbonyl (C=O) groups is 1. The number of carbonyl (C=O) groups excluding carboxylic acids is 1. The van der Waals surface area contributed by atoms with Crippen molar-refractivity contribution in [3.8, 4) is 0 Å². The van der Waals surface area contributed by atoms with Crippen molar-refractivity contribution in [1.29, 1.82) is 0 Å². The second kappa shape index (κ2) is 8.22. The molecule has 3 rings (SSSR count). The van der Waals surface area contributed by atoms with Crippen LogP contribution in [0.1, 0.15) is 23.1 Å². The van der Waals surface area contributed by atoms with Gasteiger partial charge >= 0.3 is 0 Å². The molecule has 0 spiro atoms. The van der Waals surface area contributed by atoms with Crippen molar-refractivity contribution in [2.45, 2.75) is 19.4 Å². The number of hydrogen-bond donors (Lipinski definition) is 1. The Morgan fingerprint density at radius 2 is 2.12 bits per heavy atom. The van der Waals surface area contributed by atoms with Crippen LogP contribution < -0.4 is 0 Å². The van der Waals surface area contributed by atoms with Gasteiger partial charge in [-0.25, -0.2) is 4.98 Å². The van der Waals surface area contributed by atoms with Gasteiger partial charge in [-0.15, -0.1) is 0 Å². The van der Waals surface area contributed by atoms with Gasteiger partial charge in [-0.2, -0.15) is 5.10 Å². The van der Waals surface area contributed by atoms with Crippen molar-refractivity contribution in [1.82, 2.24) is 20.1 Å². The highest BCUT2D eigenvalue weighted by Crippen LogP contribution is 2.31. The molecule has 2 heterocycles. The van der Waals surface area contributed by atoms with E-state index in [2.05, 4.69) is 15.2 Å². The van der Waals surface area contributed by atoms with E-state index in [-0.39, 0.29) is 24.3 Å². The lowest BCUT2D eigenvalue weighted by atomic mass is 9.96. The normalized spacial score (nSPS) is 20.2. The first-order valence-electron chi connectivity index (χ1n) is 8.44. The van der Waals surface area contributed by atoms with Gasteiger partial charge in [-0.1, -0.05) is 30.3 Å². The minimum Gasteiger partial charge on any atom is -0.384 e. The highest BCUT2D eigenvalue weighted by molar-refractivity contribution is 5.77. The second-order valence-corrected chi connectivity index (χ2v) is 6.38. The first kappa shape index (κ1) is 17.6. The molecule has 134 valence electrons. The molecule has 1 N–H and O–H groups in total. The van der Waals surface area contributed by atoms with Crippen molar-refractivity contribution >= 4 is 5.91 Å². The number of ether oxygens (including phenoxy) is 2. The molecule has 1 aliphatic rings. The zero-order valence-electron chi connectivity index (χ0n) is 14.6. The summed E-state index contributed by atoms with van der Waals surface area (Å²) in [6, 6.07) is 9.84. The number of benzene rings is 1. The van der Waals surface area contributed by atoms with E-state index in [1.165, 1.54) is 0 Å². The molecule has 7 heteroatoms. The maximum Gasteiger partial charge on any atom is 0.248 e. The Kier molecular flexibility index (Phi) is 5.78. The first-order chi connectivity index (χ1) is 12.2. The Hall–Kier alpha value is -2.25. The first-order valence-corrected chi connectivity index (χ1v) is 8.44. The zero-order chi connectivity index (χ0) is 17.6. The molecule has 2 atom stereocenters. The number of aryl methyl sites for hydroxylation is 1. The van der Waals surface area contributed by atoms with Crippen LogP contribution in [-0.2, 0) is 20.9 Å². The standard InChI is InChI=1S/C18H24N4O3/c1-13-19-18(21-20-13)16-9-22(8-15(16)11-24-2)17(23)12-25-10-14-6-4-3-5-7-14/h3-7,15-16H,8-12H2,1-2H3,(H,19,20,21)/t15-,16+/m0/s1. The third-order valence-corrected chi connectivity index (χ3v) is 4.46. The molecule has 1 saturated heterocycles. The van der Waals surface area contributed by atoms with Gasteiger partial charge in [0, 0.05) is 32.0 Å². The molecule has 7 nitrogen and oxygen atoms in total. The van der Waals surface area contributed by atoms with Gasteiger partial charge in [0.2, 0.25) is 5.91 Å². The van der Waals surface area contributed by atoms with Crippen LogP contribution in [0.25, 0.3) is 0 Å². The summed E-state index contributed by atoms with van der Waals surface area (Å²) in [4.78, 5) is 18.7. The number of hydrogen-bond acceptors (Lipinski definition) is 5. The Bertz CT molecular complexity index is 689. The van der Waals surface area contributed by atoms with Gasteiger partial charge in [0.1, 0.15) is 12.4 Å². The molecule has 1 aliphatic heterocycles. The van der Waals surface area contributed by atoms with Crippen LogP contribution in [0, 0.1) is 12.8 Å².